The van der Waals surface area contributed by atoms with Gasteiger partial charge in [0.15, 0.2) is 0 Å². The van der Waals surface area contributed by atoms with Crippen molar-refractivity contribution < 1.29 is 445 Å². The van der Waals surface area contributed by atoms with Gasteiger partial charge in [-0.15, -0.1) is 0 Å². The van der Waals surface area contributed by atoms with Gasteiger partial charge in [-0.1, -0.05) is 0 Å². The van der Waals surface area contributed by atoms with Gasteiger partial charge in [-0.2, -0.15) is 0 Å². The van der Waals surface area contributed by atoms with Crippen LogP contribution in [0.25, 0.3) is 0 Å². The summed E-state index contributed by atoms with van der Waals surface area (Å²) in [6.45, 7) is 0. The largest absolute Gasteiger partial charge is 0 e. The minimum Gasteiger partial charge on any atom is 0 e. The third-order valence-electron chi connectivity index (χ3n) is 0. The molecule has 0 bridgehead atoms. The maximum Gasteiger partial charge on any atom is 0 e. The van der Waals surface area contributed by atoms with Crippen molar-refractivity contribution in [3.05, 3.63) is 0 Å². The van der Waals surface area contributed by atoms with E-state index in [9.17, 15) is 0 Å². The molecular formula is Ni27Pb28. The van der Waals surface area contributed by atoms with Gasteiger partial charge in [0.2, 0.25) is 0 Å². The van der Waals surface area contributed by atoms with Crippen LogP contribution in [-0.4, -0.2) is 764 Å². The Labute approximate surface area is 1170 Å². The predicted octanol–water partition coefficient (Wildman–Crippen LogP) is -10.7. The Morgan fingerprint density at radius 1 is 0.0364 bits per heavy atom. The maximum atomic E-state index is 0. The SMILES string of the molecule is [Ni].[Ni].[Ni].[Ni].[Ni].[Ni].[Ni].[Ni].[Ni].[Ni].[Ni].[Ni].[Ni].[Ni].[Ni].[Ni].[Ni].[Ni].[Ni].[Ni].[Ni].[Ni].[Ni].[Ni].[Ni].[Ni].[Ni].[Pb].[Pb].[Pb].[Pb].[Pb].[Pb].[Pb].[Pb].[Pb].[Pb].[Pb].[Pb].[Pb].[Pb].[Pb].[Pb].[Pb].[Pb].[Pb].[Pb].[Pb].[Pb].[Pb].[Pb].[Pb].[Pb].[Pb].[Pb]. The zero-order valence-corrected chi connectivity index (χ0v) is 158. The smallest absolute Gasteiger partial charge is 0 e. The monoisotopic (exact) mass is 7390 g/mol. The molecule has 0 aromatic carbocycles. The third-order valence-corrected chi connectivity index (χ3v) is 0. The molecule has 382 valence electrons. The van der Waals surface area contributed by atoms with Crippen LogP contribution in [0.2, 0.25) is 0 Å². The first-order valence-corrected chi connectivity index (χ1v) is 0. The van der Waals surface area contributed by atoms with Crippen LogP contribution in [0.1, 0.15) is 0 Å². The Hall–Kier alpha value is 39.1. The summed E-state index contributed by atoms with van der Waals surface area (Å²) < 4.78 is 0. The molecule has 0 heterocycles. The van der Waals surface area contributed by atoms with E-state index in [4.69, 9.17) is 0 Å². The van der Waals surface area contributed by atoms with Crippen molar-refractivity contribution in [1.29, 1.82) is 0 Å². The minimum atomic E-state index is 0. The Balaban J connectivity index is 0. The first kappa shape index (κ1) is 533. The molecule has 0 aromatic heterocycles. The molecule has 0 unspecified atom stereocenters. The van der Waals surface area contributed by atoms with E-state index in [0.717, 1.165) is 0 Å². The topological polar surface area (TPSA) is 0 Å². The second-order valence-electron chi connectivity index (χ2n) is 0. The summed E-state index contributed by atoms with van der Waals surface area (Å²) in [7, 11) is 0. The van der Waals surface area contributed by atoms with Crippen LogP contribution < -0.4 is 0 Å². The van der Waals surface area contributed by atoms with Crippen molar-refractivity contribution in [2.24, 2.45) is 0 Å². The summed E-state index contributed by atoms with van der Waals surface area (Å²) >= 11 is 0. The second-order valence-corrected chi connectivity index (χ2v) is 0. The van der Waals surface area contributed by atoms with E-state index in [1.165, 1.54) is 0 Å². The summed E-state index contributed by atoms with van der Waals surface area (Å²) in [5.74, 6) is 0. The Bertz CT molecular complexity index is 55.0. The van der Waals surface area contributed by atoms with E-state index in [-0.39, 0.29) is 1210 Å². The van der Waals surface area contributed by atoms with Gasteiger partial charge in [-0.3, -0.25) is 0 Å². The summed E-state index contributed by atoms with van der Waals surface area (Å²) in [6, 6.07) is 0. The van der Waals surface area contributed by atoms with Crippen LogP contribution in [0.4, 0.5) is 0 Å². The summed E-state index contributed by atoms with van der Waals surface area (Å²) in [4.78, 5) is 0. The van der Waals surface area contributed by atoms with Crippen molar-refractivity contribution in [3.63, 3.8) is 0 Å². The molecule has 0 amide bonds. The van der Waals surface area contributed by atoms with Crippen LogP contribution >= 0.6 is 0 Å². The molecule has 0 N–H and O–H groups in total. The van der Waals surface area contributed by atoms with Crippen molar-refractivity contribution in [1.82, 2.24) is 0 Å². The van der Waals surface area contributed by atoms with E-state index in [1.54, 1.807) is 0 Å². The molecule has 0 spiro atoms. The second kappa shape index (κ2) is 516. The van der Waals surface area contributed by atoms with Gasteiger partial charge < -0.3 is 0 Å². The first-order chi connectivity index (χ1) is 0. The molecule has 112 radical (unpaired) electrons. The molecule has 0 saturated carbocycles. The van der Waals surface area contributed by atoms with Gasteiger partial charge >= 0.3 is 0 Å². The third kappa shape index (κ3) is 505. The van der Waals surface area contributed by atoms with Gasteiger partial charge in [0.1, 0.15) is 0 Å². The van der Waals surface area contributed by atoms with Crippen LogP contribution in [-0.2, 0) is 445 Å². The molecule has 0 atom stereocenters. The molecule has 0 aliphatic carbocycles. The molecule has 0 aliphatic rings. The number of rotatable bonds is 0. The van der Waals surface area contributed by atoms with Crippen LogP contribution in [0.15, 0.2) is 0 Å². The van der Waals surface area contributed by atoms with Crippen LogP contribution in [0.5, 0.6) is 0 Å². The van der Waals surface area contributed by atoms with Crippen molar-refractivity contribution in [2.75, 3.05) is 0 Å². The Morgan fingerprint density at radius 3 is 0.0364 bits per heavy atom. The normalized spacial score (nSPS) is 0. The fraction of sp³-hybridized carbons (Fsp3) is 0. The maximum absolute atomic E-state index is 0. The van der Waals surface area contributed by atoms with Crippen LogP contribution in [0, 0.1) is 0 Å². The van der Waals surface area contributed by atoms with Gasteiger partial charge in [-0.25, -0.2) is 0 Å². The minimum absolute atomic E-state index is 0. The van der Waals surface area contributed by atoms with E-state index in [0.29, 0.717) is 0 Å². The van der Waals surface area contributed by atoms with Gasteiger partial charge in [0.25, 0.3) is 0 Å². The first-order valence-electron chi connectivity index (χ1n) is 0. The number of hydrogen-bond donors (Lipinski definition) is 0. The standard InChI is InChI=1S/27Ni.28Pb. The number of hydrogen-bond acceptors (Lipinski definition) is 0. The molecule has 0 saturated heterocycles. The summed E-state index contributed by atoms with van der Waals surface area (Å²) in [6.07, 6.45) is 0. The van der Waals surface area contributed by atoms with E-state index < -0.39 is 0 Å². The zero-order valence-electron chi connectivity index (χ0n) is 22.5. The van der Waals surface area contributed by atoms with Crippen LogP contribution in [0.3, 0.4) is 0 Å². The van der Waals surface area contributed by atoms with Gasteiger partial charge in [0, 0.05) is 1210 Å². The molecule has 0 nitrogen and oxygen atoms in total. The van der Waals surface area contributed by atoms with E-state index in [2.05, 4.69) is 0 Å². The van der Waals surface area contributed by atoms with E-state index in [1.807, 2.05) is 0 Å². The van der Waals surface area contributed by atoms with Crippen molar-refractivity contribution in [3.8, 4) is 0 Å². The summed E-state index contributed by atoms with van der Waals surface area (Å²) in [5.41, 5.74) is 0. The molecule has 0 aliphatic heterocycles. The average Bonchev–Trinajstić information content (AvgIpc) is 0. The van der Waals surface area contributed by atoms with E-state index >= 15 is 0 Å². The Kier molecular flexibility index (Phi) is 5000. The van der Waals surface area contributed by atoms with Gasteiger partial charge in [-0.05, 0) is 0 Å². The Morgan fingerprint density at radius 2 is 0.0364 bits per heavy atom. The zero-order chi connectivity index (χ0) is 0. The molecule has 0 rings (SSSR count). The predicted molar refractivity (Wildman–Crippen MR) is 161 cm³/mol. The molecule has 0 fully saturated rings. The van der Waals surface area contributed by atoms with Crippen molar-refractivity contribution >= 4 is 764 Å². The fourth-order valence-electron chi connectivity index (χ4n) is 0. The molecular weight excluding hydrogens is 7390 g/mol. The average molecular weight is 7390 g/mol. The molecule has 55 heteroatoms. The molecule has 0 aromatic rings. The van der Waals surface area contributed by atoms with Gasteiger partial charge in [0.05, 0.1) is 0 Å². The molecule has 55 heavy (non-hydrogen) atoms. The summed E-state index contributed by atoms with van der Waals surface area (Å²) in [5, 5.41) is 0. The van der Waals surface area contributed by atoms with Crippen molar-refractivity contribution in [2.45, 2.75) is 0 Å². The fourth-order valence-corrected chi connectivity index (χ4v) is 0. The quantitative estimate of drug-likeness (QED) is 0.212.